The Morgan fingerprint density at radius 2 is 1.33 bits per heavy atom. The molecule has 0 aromatic heterocycles. The summed E-state index contributed by atoms with van der Waals surface area (Å²) in [6.07, 6.45) is 2.48. The smallest absolute Gasteiger partial charge is 0.0237 e. The lowest BCUT2D eigenvalue weighted by atomic mass is 10.1. The van der Waals surface area contributed by atoms with E-state index >= 15 is 0 Å². The molecule has 0 aliphatic heterocycles. The van der Waals surface area contributed by atoms with E-state index in [0.29, 0.717) is 0 Å². The van der Waals surface area contributed by atoms with Crippen LogP contribution in [0, 0.1) is 5.92 Å². The molecule has 0 aliphatic rings. The Bertz CT molecular complexity index is 495. The van der Waals surface area contributed by atoms with Crippen molar-refractivity contribution in [2.75, 3.05) is 19.6 Å². The van der Waals surface area contributed by atoms with Gasteiger partial charge in [0.15, 0.2) is 0 Å². The van der Waals surface area contributed by atoms with Crippen LogP contribution in [0.5, 0.6) is 0 Å². The van der Waals surface area contributed by atoms with Crippen molar-refractivity contribution in [3.05, 3.63) is 71.8 Å². The second-order valence-electron chi connectivity index (χ2n) is 6.99. The molecule has 2 aromatic rings. The minimum atomic E-state index is 0.734. The minimum absolute atomic E-state index is 0.734. The van der Waals surface area contributed by atoms with Crippen molar-refractivity contribution >= 4 is 0 Å². The lowest BCUT2D eigenvalue weighted by Gasteiger charge is -2.23. The van der Waals surface area contributed by atoms with Gasteiger partial charge >= 0.3 is 0 Å². The first-order chi connectivity index (χ1) is 11.7. The summed E-state index contributed by atoms with van der Waals surface area (Å²) in [7, 11) is 0. The van der Waals surface area contributed by atoms with Gasteiger partial charge in [-0.1, -0.05) is 74.5 Å². The standard InChI is InChI=1S/C22H32N2/c1-20(2)17-23-15-9-10-16-24(18-21-11-5-3-6-12-21)19-22-13-7-4-8-14-22/h3-8,11-14,20,23H,9-10,15-19H2,1-2H3. The highest BCUT2D eigenvalue weighted by Crippen LogP contribution is 2.11. The fourth-order valence-electron chi connectivity index (χ4n) is 2.87. The van der Waals surface area contributed by atoms with Gasteiger partial charge in [0.25, 0.3) is 0 Å². The number of unbranched alkanes of at least 4 members (excludes halogenated alkanes) is 1. The molecule has 0 radical (unpaired) electrons. The third kappa shape index (κ3) is 7.76. The zero-order chi connectivity index (χ0) is 17.0. The van der Waals surface area contributed by atoms with Crippen LogP contribution in [0.4, 0.5) is 0 Å². The number of benzene rings is 2. The predicted molar refractivity (Wildman–Crippen MR) is 104 cm³/mol. The van der Waals surface area contributed by atoms with Gasteiger partial charge in [-0.15, -0.1) is 0 Å². The van der Waals surface area contributed by atoms with Crippen molar-refractivity contribution in [3.8, 4) is 0 Å². The van der Waals surface area contributed by atoms with Crippen LogP contribution in [-0.4, -0.2) is 24.5 Å². The van der Waals surface area contributed by atoms with Gasteiger partial charge in [0.2, 0.25) is 0 Å². The number of rotatable bonds is 11. The number of hydrogen-bond donors (Lipinski definition) is 1. The fourth-order valence-corrected chi connectivity index (χ4v) is 2.87. The van der Waals surface area contributed by atoms with E-state index in [2.05, 4.69) is 84.7 Å². The molecular weight excluding hydrogens is 292 g/mol. The van der Waals surface area contributed by atoms with Crippen LogP contribution >= 0.6 is 0 Å². The van der Waals surface area contributed by atoms with Crippen LogP contribution in [0.1, 0.15) is 37.8 Å². The van der Waals surface area contributed by atoms with Gasteiger partial charge < -0.3 is 5.32 Å². The van der Waals surface area contributed by atoms with Gasteiger partial charge in [0.05, 0.1) is 0 Å². The zero-order valence-corrected chi connectivity index (χ0v) is 15.2. The summed E-state index contributed by atoms with van der Waals surface area (Å²) >= 11 is 0. The van der Waals surface area contributed by atoms with E-state index in [4.69, 9.17) is 0 Å². The Morgan fingerprint density at radius 1 is 0.792 bits per heavy atom. The van der Waals surface area contributed by atoms with Crippen LogP contribution < -0.4 is 5.32 Å². The SMILES string of the molecule is CC(C)CNCCCCN(Cc1ccccc1)Cc1ccccc1. The summed E-state index contributed by atoms with van der Waals surface area (Å²) in [4.78, 5) is 2.56. The van der Waals surface area contributed by atoms with Crippen molar-refractivity contribution in [2.45, 2.75) is 39.8 Å². The van der Waals surface area contributed by atoms with Gasteiger partial charge in [-0.2, -0.15) is 0 Å². The van der Waals surface area contributed by atoms with E-state index in [-0.39, 0.29) is 0 Å². The van der Waals surface area contributed by atoms with E-state index in [0.717, 1.165) is 38.6 Å². The summed E-state index contributed by atoms with van der Waals surface area (Å²) in [6.45, 7) is 9.96. The van der Waals surface area contributed by atoms with Crippen LogP contribution in [0.15, 0.2) is 60.7 Å². The maximum atomic E-state index is 3.54. The molecule has 0 aliphatic carbocycles. The molecule has 0 unspecified atom stereocenters. The molecule has 130 valence electrons. The average Bonchev–Trinajstić information content (AvgIpc) is 2.59. The Hall–Kier alpha value is -1.64. The van der Waals surface area contributed by atoms with Crippen molar-refractivity contribution in [3.63, 3.8) is 0 Å². The lowest BCUT2D eigenvalue weighted by molar-refractivity contribution is 0.250. The van der Waals surface area contributed by atoms with Crippen molar-refractivity contribution in [1.82, 2.24) is 10.2 Å². The summed E-state index contributed by atoms with van der Waals surface area (Å²) in [5, 5.41) is 3.54. The molecule has 24 heavy (non-hydrogen) atoms. The van der Waals surface area contributed by atoms with Gasteiger partial charge in [-0.25, -0.2) is 0 Å². The Morgan fingerprint density at radius 3 is 1.83 bits per heavy atom. The quantitative estimate of drug-likeness (QED) is 0.602. The number of nitrogens with one attached hydrogen (secondary N) is 1. The monoisotopic (exact) mass is 324 g/mol. The van der Waals surface area contributed by atoms with Crippen LogP contribution in [-0.2, 0) is 13.1 Å². The van der Waals surface area contributed by atoms with Crippen molar-refractivity contribution in [2.24, 2.45) is 5.92 Å². The molecule has 0 saturated carbocycles. The molecule has 1 N–H and O–H groups in total. The highest BCUT2D eigenvalue weighted by molar-refractivity contribution is 5.17. The number of hydrogen-bond acceptors (Lipinski definition) is 2. The molecule has 0 amide bonds. The molecule has 0 bridgehead atoms. The Balaban J connectivity index is 1.81. The normalized spacial score (nSPS) is 11.3. The second kappa shape index (κ2) is 11.0. The number of nitrogens with zero attached hydrogens (tertiary/aromatic N) is 1. The van der Waals surface area contributed by atoms with Crippen molar-refractivity contribution < 1.29 is 0 Å². The second-order valence-corrected chi connectivity index (χ2v) is 6.99. The lowest BCUT2D eigenvalue weighted by Crippen LogP contribution is -2.26. The first-order valence-electron chi connectivity index (χ1n) is 9.25. The first kappa shape index (κ1) is 18.7. The molecule has 2 aromatic carbocycles. The highest BCUT2D eigenvalue weighted by Gasteiger charge is 2.07. The summed E-state index contributed by atoms with van der Waals surface area (Å²) in [5.74, 6) is 0.734. The summed E-state index contributed by atoms with van der Waals surface area (Å²) < 4.78 is 0. The van der Waals surface area contributed by atoms with E-state index in [1.807, 2.05) is 0 Å². The third-order valence-corrected chi connectivity index (χ3v) is 4.13. The molecule has 0 heterocycles. The van der Waals surface area contributed by atoms with E-state index in [1.165, 1.54) is 24.0 Å². The zero-order valence-electron chi connectivity index (χ0n) is 15.2. The Kier molecular flexibility index (Phi) is 8.58. The minimum Gasteiger partial charge on any atom is -0.316 e. The maximum absolute atomic E-state index is 3.54. The Labute approximate surface area is 147 Å². The summed E-state index contributed by atoms with van der Waals surface area (Å²) in [6, 6.07) is 21.6. The van der Waals surface area contributed by atoms with Gasteiger partial charge in [0, 0.05) is 13.1 Å². The molecule has 0 saturated heterocycles. The van der Waals surface area contributed by atoms with Gasteiger partial charge in [-0.3, -0.25) is 4.90 Å². The molecule has 2 heteroatoms. The highest BCUT2D eigenvalue weighted by atomic mass is 15.1. The van der Waals surface area contributed by atoms with Crippen molar-refractivity contribution in [1.29, 1.82) is 0 Å². The van der Waals surface area contributed by atoms with E-state index < -0.39 is 0 Å². The van der Waals surface area contributed by atoms with Gasteiger partial charge in [0.1, 0.15) is 0 Å². The van der Waals surface area contributed by atoms with Gasteiger partial charge in [-0.05, 0) is 49.5 Å². The van der Waals surface area contributed by atoms with Crippen LogP contribution in [0.2, 0.25) is 0 Å². The molecule has 0 spiro atoms. The topological polar surface area (TPSA) is 15.3 Å². The first-order valence-corrected chi connectivity index (χ1v) is 9.25. The van der Waals surface area contributed by atoms with E-state index in [9.17, 15) is 0 Å². The van der Waals surface area contributed by atoms with Crippen LogP contribution in [0.3, 0.4) is 0 Å². The van der Waals surface area contributed by atoms with Crippen LogP contribution in [0.25, 0.3) is 0 Å². The molecule has 2 nitrogen and oxygen atoms in total. The maximum Gasteiger partial charge on any atom is 0.0237 e. The molecule has 2 rings (SSSR count). The molecule has 0 fully saturated rings. The molecule has 0 atom stereocenters. The van der Waals surface area contributed by atoms with E-state index in [1.54, 1.807) is 0 Å². The predicted octanol–water partition coefficient (Wildman–Crippen LogP) is 4.71. The average molecular weight is 325 g/mol. The summed E-state index contributed by atoms with van der Waals surface area (Å²) in [5.41, 5.74) is 2.79. The third-order valence-electron chi connectivity index (χ3n) is 4.13. The largest absolute Gasteiger partial charge is 0.316 e. The fraction of sp³-hybridized carbons (Fsp3) is 0.455. The molecular formula is C22H32N2.